The Morgan fingerprint density at radius 3 is 2.74 bits per heavy atom. The average molecular weight is 404 g/mol. The van der Waals surface area contributed by atoms with Crippen molar-refractivity contribution < 1.29 is 31.9 Å². The first-order chi connectivity index (χ1) is 12.6. The Labute approximate surface area is 153 Å². The molecule has 2 heterocycles. The molecule has 0 radical (unpaired) electrons. The highest BCUT2D eigenvalue weighted by Gasteiger charge is 2.36. The predicted octanol–water partition coefficient (Wildman–Crippen LogP) is 2.82. The summed E-state index contributed by atoms with van der Waals surface area (Å²) < 4.78 is 57.3. The lowest BCUT2D eigenvalue weighted by Gasteiger charge is -2.14. The quantitative estimate of drug-likeness (QED) is 0.793. The molecule has 0 unspecified atom stereocenters. The lowest BCUT2D eigenvalue weighted by molar-refractivity contribution is -0.138. The molecule has 2 amide bonds. The van der Waals surface area contributed by atoms with Gasteiger partial charge in [0.25, 0.3) is 0 Å². The van der Waals surface area contributed by atoms with Gasteiger partial charge in [-0.05, 0) is 18.2 Å². The van der Waals surface area contributed by atoms with Crippen LogP contribution in [0.3, 0.4) is 0 Å². The molecule has 1 aliphatic heterocycles. The Kier molecular flexibility index (Phi) is 5.00. The second kappa shape index (κ2) is 7.10. The van der Waals surface area contributed by atoms with Crippen molar-refractivity contribution in [3.63, 3.8) is 0 Å². The molecule has 12 heteroatoms. The van der Waals surface area contributed by atoms with Crippen molar-refractivity contribution in [1.29, 1.82) is 0 Å². The van der Waals surface area contributed by atoms with E-state index in [2.05, 4.69) is 15.5 Å². The van der Waals surface area contributed by atoms with Gasteiger partial charge < -0.3 is 10.1 Å². The fourth-order valence-electron chi connectivity index (χ4n) is 2.39. The predicted molar refractivity (Wildman–Crippen MR) is 86.6 cm³/mol. The molecule has 1 aromatic carbocycles. The Morgan fingerprint density at radius 2 is 2.15 bits per heavy atom. The molecular formula is C15H12F4N4O3S. The number of rotatable bonds is 4. The summed E-state index contributed by atoms with van der Waals surface area (Å²) in [7, 11) is 0. The molecule has 0 bridgehead atoms. The van der Waals surface area contributed by atoms with Crippen molar-refractivity contribution in [3.05, 3.63) is 29.0 Å². The van der Waals surface area contributed by atoms with Crippen LogP contribution in [-0.4, -0.2) is 41.4 Å². The number of amides is 2. The van der Waals surface area contributed by atoms with E-state index in [1.807, 2.05) is 0 Å². The summed E-state index contributed by atoms with van der Waals surface area (Å²) in [5, 5.41) is 7.51. The molecule has 1 saturated heterocycles. The minimum atomic E-state index is -4.66. The summed E-state index contributed by atoms with van der Waals surface area (Å²) in [6, 6.07) is 3.60. The van der Waals surface area contributed by atoms with Crippen molar-refractivity contribution in [3.8, 4) is 10.6 Å². The second-order valence-electron chi connectivity index (χ2n) is 5.63. The van der Waals surface area contributed by atoms with Crippen molar-refractivity contribution in [2.75, 3.05) is 18.0 Å². The van der Waals surface area contributed by atoms with E-state index >= 15 is 0 Å². The minimum absolute atomic E-state index is 0.0922. The summed E-state index contributed by atoms with van der Waals surface area (Å²) in [5.74, 6) is -1.13. The molecule has 2 aromatic rings. The van der Waals surface area contributed by atoms with Gasteiger partial charge in [-0.3, -0.25) is 9.69 Å². The van der Waals surface area contributed by atoms with Gasteiger partial charge in [0.2, 0.25) is 10.9 Å². The third-order valence-corrected chi connectivity index (χ3v) is 4.62. The minimum Gasteiger partial charge on any atom is -0.442 e. The summed E-state index contributed by atoms with van der Waals surface area (Å²) in [4.78, 5) is 24.0. The standard InChI is InChI=1S/C15H12F4N4O3S/c1-7(24)20-5-9-6-23(14(25)26-9)8-2-3-10(11(16)4-8)12-21-22-13(27-12)15(17,18)19/h2-4,9H,5-6H2,1H3,(H,20,24)/t9-/m0/s1. The zero-order chi connectivity index (χ0) is 19.8. The van der Waals surface area contributed by atoms with Crippen molar-refractivity contribution in [1.82, 2.24) is 15.5 Å². The number of aromatic nitrogens is 2. The van der Waals surface area contributed by atoms with Crippen LogP contribution in [0.1, 0.15) is 11.9 Å². The maximum Gasteiger partial charge on any atom is 0.445 e. The van der Waals surface area contributed by atoms with Crippen LogP contribution in [0.4, 0.5) is 28.0 Å². The summed E-state index contributed by atoms with van der Waals surface area (Å²) in [5.41, 5.74) is 0.0150. The zero-order valence-electron chi connectivity index (χ0n) is 13.7. The maximum absolute atomic E-state index is 14.4. The van der Waals surface area contributed by atoms with E-state index in [0.717, 1.165) is 6.07 Å². The fourth-order valence-corrected chi connectivity index (χ4v) is 3.13. The first-order valence-electron chi connectivity index (χ1n) is 7.58. The van der Waals surface area contributed by atoms with E-state index in [4.69, 9.17) is 4.74 Å². The highest BCUT2D eigenvalue weighted by atomic mass is 32.1. The molecule has 0 aliphatic carbocycles. The molecule has 27 heavy (non-hydrogen) atoms. The molecule has 0 saturated carbocycles. The number of carbonyl (C=O) groups is 2. The van der Waals surface area contributed by atoms with Gasteiger partial charge in [-0.1, -0.05) is 11.3 Å². The smallest absolute Gasteiger partial charge is 0.442 e. The van der Waals surface area contributed by atoms with Crippen LogP contribution in [0, 0.1) is 5.82 Å². The van der Waals surface area contributed by atoms with Gasteiger partial charge in [0.15, 0.2) is 5.01 Å². The topological polar surface area (TPSA) is 84.4 Å². The van der Waals surface area contributed by atoms with E-state index in [9.17, 15) is 27.2 Å². The SMILES string of the molecule is CC(=O)NC[C@H]1CN(c2ccc(-c3nnc(C(F)(F)F)s3)c(F)c2)C(=O)O1. The second-order valence-corrected chi connectivity index (χ2v) is 6.61. The number of carbonyl (C=O) groups excluding carboxylic acids is 2. The van der Waals surface area contributed by atoms with E-state index in [1.54, 1.807) is 0 Å². The van der Waals surface area contributed by atoms with Gasteiger partial charge in [-0.15, -0.1) is 10.2 Å². The largest absolute Gasteiger partial charge is 0.445 e. The summed E-state index contributed by atoms with van der Waals surface area (Å²) >= 11 is 0.223. The van der Waals surface area contributed by atoms with E-state index in [-0.39, 0.29) is 46.6 Å². The normalized spacial score (nSPS) is 17.1. The average Bonchev–Trinajstić information content (AvgIpc) is 3.19. The monoisotopic (exact) mass is 404 g/mol. The molecule has 1 atom stereocenters. The van der Waals surface area contributed by atoms with E-state index < -0.39 is 29.2 Å². The highest BCUT2D eigenvalue weighted by Crippen LogP contribution is 2.36. The summed E-state index contributed by atoms with van der Waals surface area (Å²) in [6.45, 7) is 1.53. The molecule has 144 valence electrons. The van der Waals surface area contributed by atoms with E-state index in [0.29, 0.717) is 0 Å². The number of hydrogen-bond donors (Lipinski definition) is 1. The number of cyclic esters (lactones) is 1. The summed E-state index contributed by atoms with van der Waals surface area (Å²) in [6.07, 6.45) is -5.97. The first-order valence-corrected chi connectivity index (χ1v) is 8.40. The van der Waals surface area contributed by atoms with Crippen molar-refractivity contribution >= 4 is 29.0 Å². The maximum atomic E-state index is 14.4. The number of hydrogen-bond acceptors (Lipinski definition) is 6. The highest BCUT2D eigenvalue weighted by molar-refractivity contribution is 7.14. The van der Waals surface area contributed by atoms with Crippen LogP contribution in [0.5, 0.6) is 0 Å². The lowest BCUT2D eigenvalue weighted by atomic mass is 10.2. The van der Waals surface area contributed by atoms with Crippen molar-refractivity contribution in [2.24, 2.45) is 0 Å². The van der Waals surface area contributed by atoms with Crippen LogP contribution in [0.2, 0.25) is 0 Å². The molecule has 7 nitrogen and oxygen atoms in total. The number of benzene rings is 1. The number of ether oxygens (including phenoxy) is 1. The molecule has 0 spiro atoms. The number of halogens is 4. The molecule has 1 aliphatic rings. The van der Waals surface area contributed by atoms with Crippen LogP contribution < -0.4 is 10.2 Å². The van der Waals surface area contributed by atoms with Crippen molar-refractivity contribution in [2.45, 2.75) is 19.2 Å². The Balaban J connectivity index is 1.78. The van der Waals surface area contributed by atoms with Crippen LogP contribution >= 0.6 is 11.3 Å². The number of nitrogens with one attached hydrogen (secondary N) is 1. The molecule has 1 N–H and O–H groups in total. The third kappa shape index (κ3) is 4.15. The Hall–Kier alpha value is -2.76. The number of nitrogens with zero attached hydrogens (tertiary/aromatic N) is 3. The van der Waals surface area contributed by atoms with E-state index in [1.165, 1.54) is 24.0 Å². The van der Waals surface area contributed by atoms with Gasteiger partial charge in [0.05, 0.1) is 18.8 Å². The molecule has 3 rings (SSSR count). The van der Waals surface area contributed by atoms with Gasteiger partial charge in [0, 0.05) is 12.5 Å². The number of alkyl halides is 3. The molecule has 1 aromatic heterocycles. The molecular weight excluding hydrogens is 392 g/mol. The Morgan fingerprint density at radius 1 is 1.41 bits per heavy atom. The van der Waals surface area contributed by atoms with Gasteiger partial charge >= 0.3 is 12.3 Å². The van der Waals surface area contributed by atoms with Crippen LogP contribution in [0.25, 0.3) is 10.6 Å². The third-order valence-electron chi connectivity index (χ3n) is 3.62. The molecule has 1 fully saturated rings. The van der Waals surface area contributed by atoms with Gasteiger partial charge in [0.1, 0.15) is 11.9 Å². The van der Waals surface area contributed by atoms with Gasteiger partial charge in [-0.25, -0.2) is 9.18 Å². The van der Waals surface area contributed by atoms with Crippen LogP contribution in [-0.2, 0) is 15.7 Å². The van der Waals surface area contributed by atoms with Gasteiger partial charge in [-0.2, -0.15) is 13.2 Å². The lowest BCUT2D eigenvalue weighted by Crippen LogP contribution is -2.33. The first kappa shape index (κ1) is 19.0. The fraction of sp³-hybridized carbons (Fsp3) is 0.333. The zero-order valence-corrected chi connectivity index (χ0v) is 14.5. The number of anilines is 1. The Bertz CT molecular complexity index is 886. The van der Waals surface area contributed by atoms with Crippen LogP contribution in [0.15, 0.2) is 18.2 Å².